The van der Waals surface area contributed by atoms with Crippen LogP contribution in [0, 0.1) is 0 Å². The van der Waals surface area contributed by atoms with E-state index in [0.717, 1.165) is 6.42 Å². The Hall–Kier alpha value is -0.683. The lowest BCUT2D eigenvalue weighted by molar-refractivity contribution is 0.110. The smallest absolute Gasteiger partial charge is 0.376 e. The normalized spacial score (nSPS) is 13.5. The van der Waals surface area contributed by atoms with E-state index in [1.165, 1.54) is 24.8 Å². The molecule has 0 spiro atoms. The van der Waals surface area contributed by atoms with Crippen LogP contribution >= 0.6 is 0 Å². The minimum absolute atomic E-state index is 0.209. The zero-order valence-corrected chi connectivity index (χ0v) is 13.5. The van der Waals surface area contributed by atoms with E-state index in [1.54, 1.807) is 21.3 Å². The van der Waals surface area contributed by atoms with Crippen molar-refractivity contribution >= 4 is 8.80 Å². The molecular weight excluding hydrogens is 256 g/mol. The largest absolute Gasteiger partial charge is 0.508 e. The molecule has 0 fully saturated rings. The third-order valence-corrected chi connectivity index (χ3v) is 6.76. The molecule has 0 bridgehead atoms. The Morgan fingerprint density at radius 1 is 0.947 bits per heavy atom. The topological polar surface area (TPSA) is 27.7 Å². The molecule has 1 aromatic carbocycles. The van der Waals surface area contributed by atoms with Gasteiger partial charge in [-0.25, -0.2) is 0 Å². The summed E-state index contributed by atoms with van der Waals surface area (Å²) in [5, 5.41) is 0. The lowest BCUT2D eigenvalue weighted by Crippen LogP contribution is -2.49. The fraction of sp³-hybridized carbons (Fsp3) is 0.600. The Balaban J connectivity index is 2.97. The highest BCUT2D eigenvalue weighted by molar-refractivity contribution is 6.62. The first kappa shape index (κ1) is 16.4. The zero-order valence-electron chi connectivity index (χ0n) is 12.5. The molecule has 1 rings (SSSR count). The van der Waals surface area contributed by atoms with E-state index in [4.69, 9.17) is 13.3 Å². The molecule has 0 radical (unpaired) electrons. The first-order valence-corrected chi connectivity index (χ1v) is 8.74. The first-order valence-electron chi connectivity index (χ1n) is 6.94. The summed E-state index contributed by atoms with van der Waals surface area (Å²) in [6.07, 6.45) is 4.65. The maximum Gasteiger partial charge on any atom is 0.508 e. The van der Waals surface area contributed by atoms with Crippen LogP contribution in [0.1, 0.15) is 43.7 Å². The van der Waals surface area contributed by atoms with Gasteiger partial charge in [0.1, 0.15) is 0 Å². The molecule has 0 N–H and O–H groups in total. The van der Waals surface area contributed by atoms with Crippen molar-refractivity contribution < 1.29 is 13.3 Å². The Bertz CT molecular complexity index is 330. The summed E-state index contributed by atoms with van der Waals surface area (Å²) in [5.74, 6) is 0. The molecule has 0 saturated heterocycles. The molecule has 1 aromatic rings. The van der Waals surface area contributed by atoms with E-state index < -0.39 is 8.80 Å². The molecule has 1 unspecified atom stereocenters. The molecule has 0 amide bonds. The second-order valence-electron chi connectivity index (χ2n) is 4.67. The van der Waals surface area contributed by atoms with Crippen LogP contribution in [0.15, 0.2) is 30.3 Å². The van der Waals surface area contributed by atoms with Crippen LogP contribution in [0.3, 0.4) is 0 Å². The van der Waals surface area contributed by atoms with E-state index in [-0.39, 0.29) is 5.54 Å². The van der Waals surface area contributed by atoms with Gasteiger partial charge in [0.05, 0.1) is 5.54 Å². The monoisotopic (exact) mass is 282 g/mol. The van der Waals surface area contributed by atoms with Crippen molar-refractivity contribution in [2.75, 3.05) is 21.3 Å². The van der Waals surface area contributed by atoms with Crippen molar-refractivity contribution in [2.24, 2.45) is 0 Å². The van der Waals surface area contributed by atoms with Crippen LogP contribution in [0.2, 0.25) is 0 Å². The van der Waals surface area contributed by atoms with Gasteiger partial charge in [0.15, 0.2) is 0 Å². The number of rotatable bonds is 9. The van der Waals surface area contributed by atoms with E-state index in [2.05, 4.69) is 31.2 Å². The van der Waals surface area contributed by atoms with Gasteiger partial charge in [0, 0.05) is 21.3 Å². The molecule has 0 aliphatic heterocycles. The van der Waals surface area contributed by atoms with Crippen molar-refractivity contribution in [2.45, 2.75) is 38.1 Å². The highest BCUT2D eigenvalue weighted by Gasteiger charge is 2.47. The van der Waals surface area contributed by atoms with Gasteiger partial charge in [0.2, 0.25) is 0 Å². The van der Waals surface area contributed by atoms with Gasteiger partial charge in [-0.05, 0) is 12.0 Å². The first-order chi connectivity index (χ1) is 9.24. The van der Waals surface area contributed by atoms with Crippen molar-refractivity contribution in [1.82, 2.24) is 0 Å². The average molecular weight is 282 g/mol. The Morgan fingerprint density at radius 2 is 1.53 bits per heavy atom. The summed E-state index contributed by atoms with van der Waals surface area (Å²) in [6, 6.07) is 10.4. The number of unbranched alkanes of at least 4 members (excludes halogenated alkanes) is 2. The molecule has 19 heavy (non-hydrogen) atoms. The molecule has 108 valence electrons. The van der Waals surface area contributed by atoms with E-state index in [1.807, 2.05) is 6.07 Å². The molecule has 0 saturated carbocycles. The molecule has 0 aliphatic carbocycles. The van der Waals surface area contributed by atoms with Gasteiger partial charge in [-0.1, -0.05) is 56.5 Å². The minimum Gasteiger partial charge on any atom is -0.376 e. The van der Waals surface area contributed by atoms with Crippen LogP contribution in [-0.2, 0) is 13.3 Å². The van der Waals surface area contributed by atoms with Crippen LogP contribution in [-0.4, -0.2) is 30.1 Å². The predicted octanol–water partition coefficient (Wildman–Crippen LogP) is 3.77. The highest BCUT2D eigenvalue weighted by Crippen LogP contribution is 2.33. The van der Waals surface area contributed by atoms with Crippen molar-refractivity contribution in [3.05, 3.63) is 35.9 Å². The second kappa shape index (κ2) is 8.48. The maximum atomic E-state index is 5.68. The number of benzene rings is 1. The summed E-state index contributed by atoms with van der Waals surface area (Å²) in [5.41, 5.74) is 1.45. The molecule has 3 nitrogen and oxygen atoms in total. The predicted molar refractivity (Wildman–Crippen MR) is 80.1 cm³/mol. The third kappa shape index (κ3) is 4.14. The lowest BCUT2D eigenvalue weighted by Gasteiger charge is -2.32. The van der Waals surface area contributed by atoms with Gasteiger partial charge >= 0.3 is 8.80 Å². The number of hydrogen-bond donors (Lipinski definition) is 0. The van der Waals surface area contributed by atoms with Gasteiger partial charge in [-0.15, -0.1) is 0 Å². The summed E-state index contributed by atoms with van der Waals surface area (Å²) < 4.78 is 17.0. The minimum atomic E-state index is -2.64. The molecule has 1 atom stereocenters. The summed E-state index contributed by atoms with van der Waals surface area (Å²) in [6.45, 7) is 2.21. The Labute approximate surface area is 118 Å². The van der Waals surface area contributed by atoms with Crippen LogP contribution in [0.4, 0.5) is 0 Å². The summed E-state index contributed by atoms with van der Waals surface area (Å²) in [7, 11) is 2.43. The van der Waals surface area contributed by atoms with Crippen molar-refractivity contribution in [3.8, 4) is 0 Å². The third-order valence-electron chi connectivity index (χ3n) is 3.58. The van der Waals surface area contributed by atoms with Gasteiger partial charge < -0.3 is 13.3 Å². The fourth-order valence-electron chi connectivity index (χ4n) is 2.51. The molecule has 0 aromatic heterocycles. The summed E-state index contributed by atoms with van der Waals surface area (Å²) >= 11 is 0. The van der Waals surface area contributed by atoms with Gasteiger partial charge in [0.25, 0.3) is 0 Å². The van der Waals surface area contributed by atoms with Crippen LogP contribution in [0.25, 0.3) is 0 Å². The highest BCUT2D eigenvalue weighted by atomic mass is 28.4. The van der Waals surface area contributed by atoms with Crippen LogP contribution < -0.4 is 0 Å². The van der Waals surface area contributed by atoms with Gasteiger partial charge in [-0.3, -0.25) is 0 Å². The second-order valence-corrected chi connectivity index (χ2v) is 7.80. The lowest BCUT2D eigenvalue weighted by atomic mass is 10.1. The molecule has 0 aliphatic rings. The van der Waals surface area contributed by atoms with E-state index >= 15 is 0 Å². The SMILES string of the molecule is CCCCCC(c1ccccc1)[Si](OC)(OC)OC. The average Bonchev–Trinajstić information content (AvgIpc) is 2.48. The van der Waals surface area contributed by atoms with Crippen LogP contribution in [0.5, 0.6) is 0 Å². The standard InChI is InChI=1S/C15H26O3Si/c1-5-6-8-13-15(14-11-9-7-10-12-14)19(16-2,17-3)18-4/h7,9-12,15H,5-6,8,13H2,1-4H3. The zero-order chi connectivity index (χ0) is 14.1. The van der Waals surface area contributed by atoms with Crippen molar-refractivity contribution in [3.63, 3.8) is 0 Å². The fourth-order valence-corrected chi connectivity index (χ4v) is 5.02. The number of hydrogen-bond acceptors (Lipinski definition) is 3. The van der Waals surface area contributed by atoms with Crippen molar-refractivity contribution in [1.29, 1.82) is 0 Å². The molecular formula is C15H26O3Si. The molecule has 4 heteroatoms. The quantitative estimate of drug-likeness (QED) is 0.510. The molecule has 0 heterocycles. The Morgan fingerprint density at radius 3 is 2.00 bits per heavy atom. The van der Waals surface area contributed by atoms with E-state index in [0.29, 0.717) is 0 Å². The van der Waals surface area contributed by atoms with Gasteiger partial charge in [-0.2, -0.15) is 0 Å². The van der Waals surface area contributed by atoms with E-state index in [9.17, 15) is 0 Å². The Kier molecular flexibility index (Phi) is 7.31. The maximum absolute atomic E-state index is 5.68. The summed E-state index contributed by atoms with van der Waals surface area (Å²) in [4.78, 5) is 0.